The molecule has 10 heteroatoms. The van der Waals surface area contributed by atoms with E-state index in [1.165, 1.54) is 12.3 Å². The second kappa shape index (κ2) is 6.76. The molecular formula is C17H18F3N5O2. The molecule has 0 amide bonds. The highest BCUT2D eigenvalue weighted by atomic mass is 19.4. The Bertz CT molecular complexity index is 938. The minimum atomic E-state index is -4.51. The largest absolute Gasteiger partial charge is 0.462 e. The minimum absolute atomic E-state index is 0.125. The molecule has 1 atom stereocenters. The van der Waals surface area contributed by atoms with Crippen LogP contribution in [0.2, 0.25) is 0 Å². The molecule has 3 aromatic rings. The van der Waals surface area contributed by atoms with Crippen LogP contribution >= 0.6 is 0 Å². The average molecular weight is 381 g/mol. The molecule has 0 unspecified atom stereocenters. The van der Waals surface area contributed by atoms with Gasteiger partial charge in [0.2, 0.25) is 5.88 Å². The van der Waals surface area contributed by atoms with Crippen LogP contribution in [0.3, 0.4) is 0 Å². The molecule has 0 bridgehead atoms. The highest BCUT2D eigenvalue weighted by Gasteiger charge is 2.50. The van der Waals surface area contributed by atoms with Crippen LogP contribution in [0.15, 0.2) is 30.7 Å². The maximum absolute atomic E-state index is 12.9. The van der Waals surface area contributed by atoms with E-state index in [9.17, 15) is 13.2 Å². The number of methoxy groups -OCH3 is 1. The van der Waals surface area contributed by atoms with Gasteiger partial charge in [0.1, 0.15) is 6.10 Å². The lowest BCUT2D eigenvalue weighted by molar-refractivity contribution is -0.235. The molecule has 144 valence electrons. The standard InChI is InChI=1S/C17H18F3N5O2/c1-10(26-4)15-24-23-13-8-21-12(9-25(13)15)11-5-6-14(22-7-11)27-16(2,3)17(18,19)20/h5-10H,1-4H3/t10-/m1/s1. The fourth-order valence-electron chi connectivity index (χ4n) is 2.26. The van der Waals surface area contributed by atoms with Gasteiger partial charge < -0.3 is 9.47 Å². The van der Waals surface area contributed by atoms with Gasteiger partial charge in [0.05, 0.1) is 11.9 Å². The summed E-state index contributed by atoms with van der Waals surface area (Å²) in [6.07, 6.45) is -0.112. The first-order valence-electron chi connectivity index (χ1n) is 8.08. The van der Waals surface area contributed by atoms with Gasteiger partial charge in [-0.25, -0.2) is 4.98 Å². The fourth-order valence-corrected chi connectivity index (χ4v) is 2.26. The van der Waals surface area contributed by atoms with Gasteiger partial charge in [-0.3, -0.25) is 9.38 Å². The molecule has 3 rings (SSSR count). The monoisotopic (exact) mass is 381 g/mol. The summed E-state index contributed by atoms with van der Waals surface area (Å²) in [5.74, 6) is 0.483. The molecule has 3 heterocycles. The summed E-state index contributed by atoms with van der Waals surface area (Å²) >= 11 is 0. The van der Waals surface area contributed by atoms with Gasteiger partial charge in [0, 0.05) is 31.1 Å². The van der Waals surface area contributed by atoms with Crippen LogP contribution in [0.1, 0.15) is 32.7 Å². The molecule has 0 aliphatic carbocycles. The average Bonchev–Trinajstić information content (AvgIpc) is 3.03. The first kappa shape index (κ1) is 19.0. The van der Waals surface area contributed by atoms with E-state index in [0.717, 1.165) is 13.8 Å². The number of ether oxygens (including phenoxy) is 2. The summed E-state index contributed by atoms with van der Waals surface area (Å²) < 4.78 is 50.8. The van der Waals surface area contributed by atoms with Crippen LogP contribution in [0.25, 0.3) is 16.9 Å². The van der Waals surface area contributed by atoms with E-state index in [0.29, 0.717) is 22.7 Å². The fraction of sp³-hybridized carbons (Fsp3) is 0.412. The summed E-state index contributed by atoms with van der Waals surface area (Å²) in [7, 11) is 1.57. The van der Waals surface area contributed by atoms with E-state index in [1.807, 2.05) is 6.92 Å². The SMILES string of the molecule is CO[C@H](C)c1nnc2cnc(-c3ccc(OC(C)(C)C(F)(F)F)nc3)cn12. The molecular weight excluding hydrogens is 363 g/mol. The number of rotatable bonds is 5. The van der Waals surface area contributed by atoms with Gasteiger partial charge in [-0.2, -0.15) is 13.2 Å². The third kappa shape index (κ3) is 3.70. The summed E-state index contributed by atoms with van der Waals surface area (Å²) in [4.78, 5) is 8.26. The highest BCUT2D eigenvalue weighted by Crippen LogP contribution is 2.33. The highest BCUT2D eigenvalue weighted by molar-refractivity contribution is 5.59. The number of aromatic nitrogens is 5. The second-order valence-corrected chi connectivity index (χ2v) is 6.43. The molecule has 0 radical (unpaired) electrons. The van der Waals surface area contributed by atoms with Crippen molar-refractivity contribution in [1.29, 1.82) is 0 Å². The van der Waals surface area contributed by atoms with Crippen LogP contribution in [0.5, 0.6) is 5.88 Å². The maximum atomic E-state index is 12.9. The molecule has 7 nitrogen and oxygen atoms in total. The predicted octanol–water partition coefficient (Wildman–Crippen LogP) is 3.61. The molecule has 0 aliphatic rings. The van der Waals surface area contributed by atoms with Gasteiger partial charge in [0.25, 0.3) is 0 Å². The van der Waals surface area contributed by atoms with E-state index in [2.05, 4.69) is 20.2 Å². The van der Waals surface area contributed by atoms with Crippen molar-refractivity contribution in [2.24, 2.45) is 0 Å². The van der Waals surface area contributed by atoms with Crippen LogP contribution < -0.4 is 4.74 Å². The summed E-state index contributed by atoms with van der Waals surface area (Å²) in [5, 5.41) is 8.11. The van der Waals surface area contributed by atoms with E-state index in [4.69, 9.17) is 9.47 Å². The van der Waals surface area contributed by atoms with E-state index in [-0.39, 0.29) is 12.0 Å². The topological polar surface area (TPSA) is 74.4 Å². The van der Waals surface area contributed by atoms with Gasteiger partial charge in [-0.15, -0.1) is 10.2 Å². The predicted molar refractivity (Wildman–Crippen MR) is 90.2 cm³/mol. The van der Waals surface area contributed by atoms with E-state index in [1.54, 1.807) is 30.0 Å². The van der Waals surface area contributed by atoms with Crippen LogP contribution in [-0.2, 0) is 4.74 Å². The number of hydrogen-bond acceptors (Lipinski definition) is 6. The van der Waals surface area contributed by atoms with Crippen LogP contribution in [0.4, 0.5) is 13.2 Å². The van der Waals surface area contributed by atoms with Crippen molar-refractivity contribution in [2.45, 2.75) is 38.7 Å². The Hall–Kier alpha value is -2.75. The molecule has 0 saturated heterocycles. The molecule has 0 aliphatic heterocycles. The van der Waals surface area contributed by atoms with E-state index >= 15 is 0 Å². The zero-order valence-electron chi connectivity index (χ0n) is 15.2. The Labute approximate surface area is 153 Å². The Morgan fingerprint density at radius 3 is 2.41 bits per heavy atom. The summed E-state index contributed by atoms with van der Waals surface area (Å²) in [6.45, 7) is 3.73. The zero-order valence-corrected chi connectivity index (χ0v) is 15.2. The summed E-state index contributed by atoms with van der Waals surface area (Å²) in [6, 6.07) is 2.96. The van der Waals surface area contributed by atoms with Gasteiger partial charge >= 0.3 is 6.18 Å². The van der Waals surface area contributed by atoms with Gasteiger partial charge in [0.15, 0.2) is 17.1 Å². The zero-order chi connectivity index (χ0) is 19.8. The van der Waals surface area contributed by atoms with Crippen molar-refractivity contribution in [3.8, 4) is 17.1 Å². The van der Waals surface area contributed by atoms with Crippen molar-refractivity contribution in [1.82, 2.24) is 24.6 Å². The third-order valence-corrected chi connectivity index (χ3v) is 4.11. The lowest BCUT2D eigenvalue weighted by Gasteiger charge is -2.28. The molecule has 3 aromatic heterocycles. The molecule has 0 N–H and O–H groups in total. The first-order valence-corrected chi connectivity index (χ1v) is 8.08. The molecule has 0 aromatic carbocycles. The van der Waals surface area contributed by atoms with E-state index < -0.39 is 11.8 Å². The molecule has 0 spiro atoms. The maximum Gasteiger partial charge on any atom is 0.427 e. The molecule has 27 heavy (non-hydrogen) atoms. The Kier molecular flexibility index (Phi) is 4.77. The smallest absolute Gasteiger partial charge is 0.427 e. The van der Waals surface area contributed by atoms with Crippen molar-refractivity contribution >= 4 is 5.65 Å². The number of halogens is 3. The molecule has 0 fully saturated rings. The Morgan fingerprint density at radius 2 is 1.81 bits per heavy atom. The number of fused-ring (bicyclic) bond motifs is 1. The van der Waals surface area contributed by atoms with Crippen LogP contribution in [0, 0.1) is 0 Å². The third-order valence-electron chi connectivity index (χ3n) is 4.11. The number of pyridine rings is 1. The number of nitrogens with zero attached hydrogens (tertiary/aromatic N) is 5. The quantitative estimate of drug-likeness (QED) is 0.672. The molecule has 0 saturated carbocycles. The number of alkyl halides is 3. The van der Waals surface area contributed by atoms with Gasteiger partial charge in [-0.05, 0) is 26.8 Å². The van der Waals surface area contributed by atoms with Gasteiger partial charge in [-0.1, -0.05) is 0 Å². The second-order valence-electron chi connectivity index (χ2n) is 6.43. The van der Waals surface area contributed by atoms with Crippen LogP contribution in [-0.4, -0.2) is 43.5 Å². The van der Waals surface area contributed by atoms with Crippen molar-refractivity contribution in [3.63, 3.8) is 0 Å². The van der Waals surface area contributed by atoms with Crippen molar-refractivity contribution < 1.29 is 22.6 Å². The Morgan fingerprint density at radius 1 is 1.07 bits per heavy atom. The first-order chi connectivity index (χ1) is 12.6. The lowest BCUT2D eigenvalue weighted by atomic mass is 10.1. The van der Waals surface area contributed by atoms with Crippen molar-refractivity contribution in [2.75, 3.05) is 7.11 Å². The van der Waals surface area contributed by atoms with Crippen molar-refractivity contribution in [3.05, 3.63) is 36.5 Å². The lowest BCUT2D eigenvalue weighted by Crippen LogP contribution is -2.44. The number of hydrogen-bond donors (Lipinski definition) is 0. The summed E-state index contributed by atoms with van der Waals surface area (Å²) in [5.41, 5.74) is -0.621. The Balaban J connectivity index is 1.89. The minimum Gasteiger partial charge on any atom is -0.462 e. The normalized spacial score (nSPS) is 13.7.